The molecule has 0 saturated carbocycles. The molecular weight excluding hydrogens is 344 g/mol. The zero-order valence-corrected chi connectivity index (χ0v) is 16.0. The summed E-state index contributed by atoms with van der Waals surface area (Å²) in [6, 6.07) is 11.0. The summed E-state index contributed by atoms with van der Waals surface area (Å²) < 4.78 is 15.9. The maximum atomic E-state index is 12.6. The van der Waals surface area contributed by atoms with Crippen molar-refractivity contribution in [3.8, 4) is 23.3 Å². The molecule has 0 fully saturated rings. The Morgan fingerprint density at radius 2 is 1.67 bits per heavy atom. The molecule has 0 aliphatic carbocycles. The number of anilines is 1. The first-order valence-corrected chi connectivity index (χ1v) is 8.23. The number of benzene rings is 2. The topological polar surface area (TPSA) is 80.6 Å². The fraction of sp³-hybridized carbons (Fsp3) is 0.238. The summed E-state index contributed by atoms with van der Waals surface area (Å²) in [4.78, 5) is 12.6. The number of methoxy groups -OCH3 is 3. The number of carbonyl (C=O) groups excluding carboxylic acids is 1. The molecule has 0 aromatic heterocycles. The molecule has 0 spiro atoms. The van der Waals surface area contributed by atoms with Crippen molar-refractivity contribution in [2.75, 3.05) is 26.6 Å². The van der Waals surface area contributed by atoms with Crippen LogP contribution in [0.5, 0.6) is 17.2 Å². The molecule has 0 saturated heterocycles. The van der Waals surface area contributed by atoms with Gasteiger partial charge in [0.15, 0.2) is 11.5 Å². The molecule has 6 nitrogen and oxygen atoms in total. The zero-order valence-electron chi connectivity index (χ0n) is 16.0. The lowest BCUT2D eigenvalue weighted by Gasteiger charge is -2.13. The maximum absolute atomic E-state index is 12.6. The first kappa shape index (κ1) is 19.9. The summed E-state index contributed by atoms with van der Waals surface area (Å²) in [5, 5.41) is 12.2. The standard InChI is InChI=1S/C21H22N2O4/c1-13-6-7-14(2)17(8-13)23-21(24)16(12-22)9-15-10-18(25-3)20(27-5)19(11-15)26-4/h6-11H,1-5H3,(H,23,24)/b16-9+. The number of aryl methyl sites for hydroxylation is 2. The number of hydrogen-bond acceptors (Lipinski definition) is 5. The van der Waals surface area contributed by atoms with Gasteiger partial charge in [0, 0.05) is 5.69 Å². The highest BCUT2D eigenvalue weighted by Crippen LogP contribution is 2.38. The molecule has 2 aromatic rings. The molecule has 0 unspecified atom stereocenters. The van der Waals surface area contributed by atoms with Crippen molar-refractivity contribution in [3.05, 3.63) is 52.6 Å². The van der Waals surface area contributed by atoms with Crippen LogP contribution in [0.1, 0.15) is 16.7 Å². The molecule has 27 heavy (non-hydrogen) atoms. The van der Waals surface area contributed by atoms with E-state index >= 15 is 0 Å². The molecular formula is C21H22N2O4. The van der Waals surface area contributed by atoms with Crippen molar-refractivity contribution in [2.24, 2.45) is 0 Å². The number of nitriles is 1. The molecule has 1 amide bonds. The smallest absolute Gasteiger partial charge is 0.266 e. The van der Waals surface area contributed by atoms with E-state index in [9.17, 15) is 10.1 Å². The third kappa shape index (κ3) is 4.59. The molecule has 2 aromatic carbocycles. The van der Waals surface area contributed by atoms with Gasteiger partial charge in [0.1, 0.15) is 11.6 Å². The Kier molecular flexibility index (Phi) is 6.45. The number of rotatable bonds is 6. The Hall–Kier alpha value is -3.46. The molecule has 2 rings (SSSR count). The Balaban J connectivity index is 2.39. The van der Waals surface area contributed by atoms with Crippen molar-refractivity contribution < 1.29 is 19.0 Å². The lowest BCUT2D eigenvalue weighted by molar-refractivity contribution is -0.112. The largest absolute Gasteiger partial charge is 0.493 e. The number of hydrogen-bond donors (Lipinski definition) is 1. The van der Waals surface area contributed by atoms with Gasteiger partial charge >= 0.3 is 0 Å². The van der Waals surface area contributed by atoms with Crippen LogP contribution in [0.3, 0.4) is 0 Å². The van der Waals surface area contributed by atoms with E-state index in [1.54, 1.807) is 12.1 Å². The zero-order chi connectivity index (χ0) is 20.0. The Bertz CT molecular complexity index is 901. The van der Waals surface area contributed by atoms with E-state index in [2.05, 4.69) is 5.32 Å². The van der Waals surface area contributed by atoms with Gasteiger partial charge in [0.05, 0.1) is 21.3 Å². The van der Waals surface area contributed by atoms with Gasteiger partial charge in [0.25, 0.3) is 5.91 Å². The van der Waals surface area contributed by atoms with E-state index in [4.69, 9.17) is 14.2 Å². The lowest BCUT2D eigenvalue weighted by atomic mass is 10.1. The molecule has 140 valence electrons. The second-order valence-electron chi connectivity index (χ2n) is 5.90. The quantitative estimate of drug-likeness (QED) is 0.620. The minimum atomic E-state index is -0.486. The Labute approximate surface area is 159 Å². The van der Waals surface area contributed by atoms with E-state index in [0.717, 1.165) is 11.1 Å². The van der Waals surface area contributed by atoms with Gasteiger partial charge in [-0.05, 0) is 54.8 Å². The Morgan fingerprint density at radius 3 is 2.19 bits per heavy atom. The number of carbonyl (C=O) groups is 1. The number of nitrogens with zero attached hydrogens (tertiary/aromatic N) is 1. The monoisotopic (exact) mass is 366 g/mol. The van der Waals surface area contributed by atoms with Crippen LogP contribution in [-0.4, -0.2) is 27.2 Å². The van der Waals surface area contributed by atoms with Crippen LogP contribution in [0.4, 0.5) is 5.69 Å². The average molecular weight is 366 g/mol. The molecule has 0 aliphatic heterocycles. The minimum Gasteiger partial charge on any atom is -0.493 e. The van der Waals surface area contributed by atoms with Gasteiger partial charge < -0.3 is 19.5 Å². The third-order valence-electron chi connectivity index (χ3n) is 4.00. The second kappa shape index (κ2) is 8.77. The van der Waals surface area contributed by atoms with Crippen LogP contribution < -0.4 is 19.5 Å². The molecule has 0 bridgehead atoms. The van der Waals surface area contributed by atoms with E-state index in [1.807, 2.05) is 38.1 Å². The summed E-state index contributed by atoms with van der Waals surface area (Å²) in [6.07, 6.45) is 1.48. The summed E-state index contributed by atoms with van der Waals surface area (Å²) >= 11 is 0. The van der Waals surface area contributed by atoms with E-state index in [1.165, 1.54) is 27.4 Å². The van der Waals surface area contributed by atoms with Crippen LogP contribution in [0.25, 0.3) is 6.08 Å². The first-order valence-electron chi connectivity index (χ1n) is 8.23. The minimum absolute atomic E-state index is 0.0369. The van der Waals surface area contributed by atoms with Crippen LogP contribution in [0.2, 0.25) is 0 Å². The molecule has 6 heteroatoms. The van der Waals surface area contributed by atoms with Crippen molar-refractivity contribution >= 4 is 17.7 Å². The van der Waals surface area contributed by atoms with E-state index in [0.29, 0.717) is 28.5 Å². The molecule has 0 aliphatic rings. The molecule has 0 radical (unpaired) electrons. The van der Waals surface area contributed by atoms with Crippen LogP contribution in [0, 0.1) is 25.2 Å². The van der Waals surface area contributed by atoms with Crippen molar-refractivity contribution in [2.45, 2.75) is 13.8 Å². The SMILES string of the molecule is COc1cc(/C=C(\C#N)C(=O)Nc2cc(C)ccc2C)cc(OC)c1OC. The predicted molar refractivity (Wildman–Crippen MR) is 104 cm³/mol. The van der Waals surface area contributed by atoms with Crippen molar-refractivity contribution in [1.29, 1.82) is 5.26 Å². The molecule has 1 N–H and O–H groups in total. The maximum Gasteiger partial charge on any atom is 0.266 e. The normalized spacial score (nSPS) is 10.7. The van der Waals surface area contributed by atoms with Crippen LogP contribution in [-0.2, 0) is 4.79 Å². The fourth-order valence-electron chi connectivity index (χ4n) is 2.56. The number of ether oxygens (including phenoxy) is 3. The van der Waals surface area contributed by atoms with Gasteiger partial charge in [0.2, 0.25) is 5.75 Å². The number of amides is 1. The van der Waals surface area contributed by atoms with E-state index < -0.39 is 5.91 Å². The Morgan fingerprint density at radius 1 is 1.04 bits per heavy atom. The van der Waals surface area contributed by atoms with Gasteiger partial charge in [-0.25, -0.2) is 0 Å². The first-order chi connectivity index (χ1) is 12.9. The number of nitrogens with one attached hydrogen (secondary N) is 1. The highest BCUT2D eigenvalue weighted by molar-refractivity contribution is 6.10. The second-order valence-corrected chi connectivity index (χ2v) is 5.90. The third-order valence-corrected chi connectivity index (χ3v) is 4.00. The van der Waals surface area contributed by atoms with E-state index in [-0.39, 0.29) is 5.57 Å². The fourth-order valence-corrected chi connectivity index (χ4v) is 2.56. The summed E-state index contributed by atoms with van der Waals surface area (Å²) in [6.45, 7) is 3.83. The van der Waals surface area contributed by atoms with Gasteiger partial charge in [-0.15, -0.1) is 0 Å². The van der Waals surface area contributed by atoms with Crippen molar-refractivity contribution in [3.63, 3.8) is 0 Å². The van der Waals surface area contributed by atoms with Crippen LogP contribution in [0.15, 0.2) is 35.9 Å². The summed E-state index contributed by atoms with van der Waals surface area (Å²) in [5.74, 6) is 0.834. The van der Waals surface area contributed by atoms with Crippen molar-refractivity contribution in [1.82, 2.24) is 0 Å². The summed E-state index contributed by atoms with van der Waals surface area (Å²) in [7, 11) is 4.51. The average Bonchev–Trinajstić information content (AvgIpc) is 2.67. The van der Waals surface area contributed by atoms with Crippen LogP contribution >= 0.6 is 0 Å². The highest BCUT2D eigenvalue weighted by atomic mass is 16.5. The lowest BCUT2D eigenvalue weighted by Crippen LogP contribution is -2.14. The van der Waals surface area contributed by atoms with Gasteiger partial charge in [-0.3, -0.25) is 4.79 Å². The van der Waals surface area contributed by atoms with Gasteiger partial charge in [-0.1, -0.05) is 12.1 Å². The molecule has 0 atom stereocenters. The predicted octanol–water partition coefficient (Wildman–Crippen LogP) is 3.87. The summed E-state index contributed by atoms with van der Waals surface area (Å²) in [5.41, 5.74) is 3.15. The van der Waals surface area contributed by atoms with Gasteiger partial charge in [-0.2, -0.15) is 5.26 Å². The molecule has 0 heterocycles. The highest BCUT2D eigenvalue weighted by Gasteiger charge is 2.15.